The fourth-order valence-corrected chi connectivity index (χ4v) is 3.13. The van der Waals surface area contributed by atoms with Crippen LogP contribution in [0.3, 0.4) is 0 Å². The van der Waals surface area contributed by atoms with Crippen molar-refractivity contribution in [1.29, 1.82) is 0 Å². The second kappa shape index (κ2) is 5.09. The van der Waals surface area contributed by atoms with E-state index in [2.05, 4.69) is 33.4 Å². The second-order valence-corrected chi connectivity index (χ2v) is 6.21. The van der Waals surface area contributed by atoms with Crippen molar-refractivity contribution in [2.75, 3.05) is 24.5 Å². The number of aromatic amines is 1. The van der Waals surface area contributed by atoms with Crippen LogP contribution in [0.5, 0.6) is 0 Å². The van der Waals surface area contributed by atoms with Crippen molar-refractivity contribution in [2.24, 2.45) is 5.92 Å². The number of H-pyrrole nitrogens is 1. The smallest absolute Gasteiger partial charge is 0.203 e. The van der Waals surface area contributed by atoms with E-state index in [1.807, 2.05) is 6.07 Å². The van der Waals surface area contributed by atoms with E-state index in [0.29, 0.717) is 0 Å². The summed E-state index contributed by atoms with van der Waals surface area (Å²) in [5.41, 5.74) is 2.21. The molecule has 2 N–H and O–H groups in total. The van der Waals surface area contributed by atoms with E-state index in [1.54, 1.807) is 0 Å². The number of hydrogen-bond donors (Lipinski definition) is 2. The highest BCUT2D eigenvalue weighted by Gasteiger charge is 2.25. The number of fused-ring (bicyclic) bond motifs is 1. The zero-order valence-electron chi connectivity index (χ0n) is 11.8. The Labute approximate surface area is 119 Å². The monoisotopic (exact) mass is 270 g/mol. The molecule has 0 amide bonds. The Morgan fingerprint density at radius 1 is 1.25 bits per heavy atom. The lowest BCUT2D eigenvalue weighted by Gasteiger charge is -2.32. The first-order valence-corrected chi connectivity index (χ1v) is 7.81. The number of hydrogen-bond acceptors (Lipinski definition) is 3. The van der Waals surface area contributed by atoms with Gasteiger partial charge in [0.25, 0.3) is 0 Å². The van der Waals surface area contributed by atoms with E-state index >= 15 is 0 Å². The van der Waals surface area contributed by atoms with Gasteiger partial charge in [-0.05, 0) is 50.3 Å². The standard InChI is InChI=1S/C16H22N4/c1-2-6-15-14(5-1)18-16(19-15)20-9-3-4-12(11-20)10-17-13-7-8-13/h1-2,5-6,12-13,17H,3-4,7-11H2,(H,18,19). The van der Waals surface area contributed by atoms with Crippen LogP contribution in [0.2, 0.25) is 0 Å². The molecule has 0 radical (unpaired) electrons. The molecule has 4 nitrogen and oxygen atoms in total. The van der Waals surface area contributed by atoms with Crippen LogP contribution in [0, 0.1) is 5.92 Å². The summed E-state index contributed by atoms with van der Waals surface area (Å²) in [4.78, 5) is 10.6. The first kappa shape index (κ1) is 12.2. The average molecular weight is 270 g/mol. The van der Waals surface area contributed by atoms with E-state index in [-0.39, 0.29) is 0 Å². The van der Waals surface area contributed by atoms with Crippen molar-refractivity contribution in [3.63, 3.8) is 0 Å². The summed E-state index contributed by atoms with van der Waals surface area (Å²) >= 11 is 0. The van der Waals surface area contributed by atoms with Gasteiger partial charge in [0.2, 0.25) is 5.95 Å². The second-order valence-electron chi connectivity index (χ2n) is 6.21. The van der Waals surface area contributed by atoms with Crippen LogP contribution in [0.25, 0.3) is 11.0 Å². The van der Waals surface area contributed by atoms with Crippen molar-refractivity contribution in [3.8, 4) is 0 Å². The fraction of sp³-hybridized carbons (Fsp3) is 0.562. The Bertz CT molecular complexity index is 554. The molecule has 1 atom stereocenters. The first-order valence-electron chi connectivity index (χ1n) is 7.81. The molecule has 2 aromatic rings. The lowest BCUT2D eigenvalue weighted by molar-refractivity contribution is 0.388. The summed E-state index contributed by atoms with van der Waals surface area (Å²) < 4.78 is 0. The predicted molar refractivity (Wildman–Crippen MR) is 82.1 cm³/mol. The molecule has 2 heterocycles. The molecule has 2 fully saturated rings. The minimum atomic E-state index is 0.762. The van der Waals surface area contributed by atoms with Crippen molar-refractivity contribution in [3.05, 3.63) is 24.3 Å². The van der Waals surface area contributed by atoms with Gasteiger partial charge in [-0.25, -0.2) is 4.98 Å². The Balaban J connectivity index is 1.46. The number of para-hydroxylation sites is 2. The SMILES string of the molecule is c1ccc2[nH]c(N3CCCC(CNC4CC4)C3)nc2c1. The number of nitrogens with one attached hydrogen (secondary N) is 2. The summed E-state index contributed by atoms with van der Waals surface area (Å²) in [7, 11) is 0. The van der Waals surface area contributed by atoms with Gasteiger partial charge in [0.05, 0.1) is 11.0 Å². The molecule has 4 heteroatoms. The lowest BCUT2D eigenvalue weighted by atomic mass is 9.98. The molecule has 20 heavy (non-hydrogen) atoms. The highest BCUT2D eigenvalue weighted by molar-refractivity contribution is 5.77. The van der Waals surface area contributed by atoms with Gasteiger partial charge in [0.1, 0.15) is 0 Å². The molecular formula is C16H22N4. The Morgan fingerprint density at radius 3 is 3.00 bits per heavy atom. The minimum absolute atomic E-state index is 0.762. The normalized spacial score (nSPS) is 23.4. The van der Waals surface area contributed by atoms with Crippen molar-refractivity contribution in [2.45, 2.75) is 31.7 Å². The van der Waals surface area contributed by atoms with Crippen molar-refractivity contribution >= 4 is 17.0 Å². The fourth-order valence-electron chi connectivity index (χ4n) is 3.13. The Kier molecular flexibility index (Phi) is 3.11. The van der Waals surface area contributed by atoms with Gasteiger partial charge in [-0.1, -0.05) is 12.1 Å². The van der Waals surface area contributed by atoms with Crippen LogP contribution < -0.4 is 10.2 Å². The van der Waals surface area contributed by atoms with Crippen molar-refractivity contribution in [1.82, 2.24) is 15.3 Å². The molecule has 106 valence electrons. The van der Waals surface area contributed by atoms with Gasteiger partial charge in [-0.2, -0.15) is 0 Å². The number of piperidine rings is 1. The molecular weight excluding hydrogens is 248 g/mol. The van der Waals surface area contributed by atoms with Gasteiger partial charge >= 0.3 is 0 Å². The number of rotatable bonds is 4. The molecule has 1 unspecified atom stereocenters. The molecule has 1 saturated heterocycles. The van der Waals surface area contributed by atoms with E-state index in [1.165, 1.54) is 32.2 Å². The van der Waals surface area contributed by atoms with Crippen LogP contribution >= 0.6 is 0 Å². The molecule has 0 bridgehead atoms. The Morgan fingerprint density at radius 2 is 2.15 bits per heavy atom. The molecule has 1 aliphatic carbocycles. The average Bonchev–Trinajstić information content (AvgIpc) is 3.22. The quantitative estimate of drug-likeness (QED) is 0.897. The third-order valence-electron chi connectivity index (χ3n) is 4.47. The largest absolute Gasteiger partial charge is 0.342 e. The van der Waals surface area contributed by atoms with Gasteiger partial charge in [0.15, 0.2) is 0 Å². The molecule has 1 saturated carbocycles. The molecule has 1 aliphatic heterocycles. The lowest BCUT2D eigenvalue weighted by Crippen LogP contribution is -2.40. The summed E-state index contributed by atoms with van der Waals surface area (Å²) in [6, 6.07) is 9.10. The first-order chi connectivity index (χ1) is 9.88. The summed E-state index contributed by atoms with van der Waals surface area (Å²) in [6.45, 7) is 3.42. The Hall–Kier alpha value is -1.55. The maximum Gasteiger partial charge on any atom is 0.203 e. The molecule has 1 aromatic carbocycles. The third-order valence-corrected chi connectivity index (χ3v) is 4.47. The summed E-state index contributed by atoms with van der Waals surface area (Å²) in [5, 5.41) is 3.67. The molecule has 4 rings (SSSR count). The predicted octanol–water partition coefficient (Wildman–Crippen LogP) is 2.53. The molecule has 0 spiro atoms. The summed E-state index contributed by atoms with van der Waals surface area (Å²) in [5.74, 6) is 1.81. The van der Waals surface area contributed by atoms with Crippen LogP contribution in [0.15, 0.2) is 24.3 Å². The number of anilines is 1. The number of nitrogens with zero attached hydrogens (tertiary/aromatic N) is 2. The van der Waals surface area contributed by atoms with Crippen LogP contribution in [-0.2, 0) is 0 Å². The third kappa shape index (κ3) is 2.52. The van der Waals surface area contributed by atoms with Crippen LogP contribution in [0.4, 0.5) is 5.95 Å². The van der Waals surface area contributed by atoms with Gasteiger partial charge in [-0.3, -0.25) is 0 Å². The zero-order valence-corrected chi connectivity index (χ0v) is 11.8. The minimum Gasteiger partial charge on any atom is -0.342 e. The zero-order chi connectivity index (χ0) is 13.4. The maximum atomic E-state index is 4.73. The highest BCUT2D eigenvalue weighted by atomic mass is 15.3. The van der Waals surface area contributed by atoms with E-state index < -0.39 is 0 Å². The van der Waals surface area contributed by atoms with E-state index in [9.17, 15) is 0 Å². The number of imidazole rings is 1. The van der Waals surface area contributed by atoms with Crippen LogP contribution in [0.1, 0.15) is 25.7 Å². The topological polar surface area (TPSA) is 44.0 Å². The van der Waals surface area contributed by atoms with Gasteiger partial charge in [-0.15, -0.1) is 0 Å². The van der Waals surface area contributed by atoms with E-state index in [4.69, 9.17) is 4.98 Å². The van der Waals surface area contributed by atoms with Gasteiger partial charge in [0, 0.05) is 19.1 Å². The number of benzene rings is 1. The van der Waals surface area contributed by atoms with Gasteiger partial charge < -0.3 is 15.2 Å². The van der Waals surface area contributed by atoms with Crippen LogP contribution in [-0.4, -0.2) is 35.6 Å². The molecule has 2 aliphatic rings. The number of aromatic nitrogens is 2. The van der Waals surface area contributed by atoms with E-state index in [0.717, 1.165) is 42.0 Å². The highest BCUT2D eigenvalue weighted by Crippen LogP contribution is 2.24. The maximum absolute atomic E-state index is 4.73. The van der Waals surface area contributed by atoms with Crippen molar-refractivity contribution < 1.29 is 0 Å². The molecule has 1 aromatic heterocycles. The summed E-state index contributed by atoms with van der Waals surface area (Å²) in [6.07, 6.45) is 5.37.